The molecule has 38 heavy (non-hydrogen) atoms. The number of morpholine rings is 1. The minimum absolute atomic E-state index is 0.667. The quantitative estimate of drug-likeness (QED) is 0.338. The fourth-order valence-corrected chi connectivity index (χ4v) is 5.62. The molecule has 2 aliphatic rings. The molecule has 10 heteroatoms. The molecule has 2 aliphatic heterocycles. The number of anilines is 1. The molecule has 0 spiro atoms. The number of halogens is 1. The first-order chi connectivity index (χ1) is 18.7. The molecule has 5 heterocycles. The number of pyridine rings is 2. The standard InChI is InChI=1S/C28H32BrN7O2/c29-24-19-31-28-25(26(24)36-10-8-35(9-11-36)20-21-2-1-7-30-18-21)32-27(33-28)22-3-5-23(6-4-22)38-17-14-34-12-15-37-16-13-34/h1-7,18-19H,8-17,20H2,(H,31,32,33). The smallest absolute Gasteiger partial charge is 0.180 e. The number of hydrogen-bond acceptors (Lipinski definition) is 8. The van der Waals surface area contributed by atoms with Crippen LogP contribution in [0, 0.1) is 0 Å². The Morgan fingerprint density at radius 1 is 0.947 bits per heavy atom. The first kappa shape index (κ1) is 25.2. The Morgan fingerprint density at radius 3 is 2.53 bits per heavy atom. The molecule has 0 atom stereocenters. The van der Waals surface area contributed by atoms with Gasteiger partial charge in [-0.15, -0.1) is 0 Å². The largest absolute Gasteiger partial charge is 0.492 e. The summed E-state index contributed by atoms with van der Waals surface area (Å²) in [6.07, 6.45) is 5.63. The number of nitrogens with one attached hydrogen (secondary N) is 1. The number of fused-ring (bicyclic) bond motifs is 1. The van der Waals surface area contributed by atoms with Gasteiger partial charge in [-0.1, -0.05) is 6.07 Å². The van der Waals surface area contributed by atoms with E-state index in [1.807, 2.05) is 48.9 Å². The van der Waals surface area contributed by atoms with E-state index in [0.717, 1.165) is 104 Å². The summed E-state index contributed by atoms with van der Waals surface area (Å²) in [5, 5.41) is 0. The molecule has 1 N–H and O–H groups in total. The van der Waals surface area contributed by atoms with Gasteiger partial charge in [0, 0.05) is 76.5 Å². The Labute approximate surface area is 230 Å². The first-order valence-electron chi connectivity index (χ1n) is 13.2. The number of rotatable bonds is 8. The van der Waals surface area contributed by atoms with Gasteiger partial charge < -0.3 is 19.4 Å². The van der Waals surface area contributed by atoms with Gasteiger partial charge in [-0.25, -0.2) is 9.97 Å². The van der Waals surface area contributed by atoms with Crippen LogP contribution in [0.2, 0.25) is 0 Å². The Morgan fingerprint density at radius 2 is 1.76 bits per heavy atom. The summed E-state index contributed by atoms with van der Waals surface area (Å²) in [7, 11) is 0. The molecule has 0 aliphatic carbocycles. The molecule has 6 rings (SSSR count). The van der Waals surface area contributed by atoms with Crippen molar-refractivity contribution in [3.8, 4) is 17.1 Å². The zero-order valence-corrected chi connectivity index (χ0v) is 22.9. The third kappa shape index (κ3) is 5.83. The lowest BCUT2D eigenvalue weighted by Crippen LogP contribution is -2.46. The van der Waals surface area contributed by atoms with Crippen LogP contribution in [0.25, 0.3) is 22.6 Å². The Hall–Kier alpha value is -3.05. The average Bonchev–Trinajstić information content (AvgIpc) is 3.40. The van der Waals surface area contributed by atoms with E-state index in [-0.39, 0.29) is 0 Å². The SMILES string of the molecule is Brc1cnc2nc(-c3ccc(OCCN4CCOCC4)cc3)[nH]c2c1N1CCN(Cc2cccnc2)CC1. The number of ether oxygens (including phenoxy) is 2. The summed E-state index contributed by atoms with van der Waals surface area (Å²) in [5.41, 5.74) is 5.06. The molecule has 198 valence electrons. The normalized spacial score (nSPS) is 17.2. The second kappa shape index (κ2) is 11.8. The number of imidazole rings is 1. The van der Waals surface area contributed by atoms with E-state index in [1.54, 1.807) is 0 Å². The predicted molar refractivity (Wildman–Crippen MR) is 152 cm³/mol. The van der Waals surface area contributed by atoms with Gasteiger partial charge in [0.15, 0.2) is 5.65 Å². The topological polar surface area (TPSA) is 82.6 Å². The van der Waals surface area contributed by atoms with E-state index in [9.17, 15) is 0 Å². The summed E-state index contributed by atoms with van der Waals surface area (Å²) in [4.78, 5) is 24.5. The Kier molecular flexibility index (Phi) is 7.82. The van der Waals surface area contributed by atoms with Gasteiger partial charge in [0.2, 0.25) is 0 Å². The van der Waals surface area contributed by atoms with E-state index in [0.29, 0.717) is 6.61 Å². The van der Waals surface area contributed by atoms with Crippen LogP contribution < -0.4 is 9.64 Å². The van der Waals surface area contributed by atoms with Crippen molar-refractivity contribution in [3.63, 3.8) is 0 Å². The predicted octanol–water partition coefficient (Wildman–Crippen LogP) is 3.82. The average molecular weight is 579 g/mol. The lowest BCUT2D eigenvalue weighted by atomic mass is 10.2. The Bertz CT molecular complexity index is 1330. The van der Waals surface area contributed by atoms with Crippen molar-refractivity contribution in [2.75, 3.05) is 70.5 Å². The molecule has 2 saturated heterocycles. The van der Waals surface area contributed by atoms with E-state index >= 15 is 0 Å². The van der Waals surface area contributed by atoms with Gasteiger partial charge in [-0.3, -0.25) is 14.8 Å². The maximum absolute atomic E-state index is 5.97. The van der Waals surface area contributed by atoms with Crippen molar-refractivity contribution in [3.05, 3.63) is 65.0 Å². The summed E-state index contributed by atoms with van der Waals surface area (Å²) in [6, 6.07) is 12.3. The molecule has 2 fully saturated rings. The van der Waals surface area contributed by atoms with Crippen LogP contribution in [0.5, 0.6) is 5.75 Å². The maximum atomic E-state index is 5.97. The minimum atomic E-state index is 0.667. The van der Waals surface area contributed by atoms with Crippen molar-refractivity contribution in [1.82, 2.24) is 29.7 Å². The van der Waals surface area contributed by atoms with Crippen LogP contribution in [0.15, 0.2) is 59.5 Å². The molecule has 0 radical (unpaired) electrons. The molecule has 0 amide bonds. The van der Waals surface area contributed by atoms with Gasteiger partial charge in [0.05, 0.1) is 23.4 Å². The second-order valence-electron chi connectivity index (χ2n) is 9.69. The van der Waals surface area contributed by atoms with Crippen LogP contribution in [0.4, 0.5) is 5.69 Å². The molecule has 9 nitrogen and oxygen atoms in total. The van der Waals surface area contributed by atoms with Gasteiger partial charge in [0.1, 0.15) is 23.7 Å². The first-order valence-corrected chi connectivity index (χ1v) is 14.0. The maximum Gasteiger partial charge on any atom is 0.180 e. The van der Waals surface area contributed by atoms with Gasteiger partial charge in [-0.05, 0) is 51.8 Å². The van der Waals surface area contributed by atoms with Gasteiger partial charge in [0.25, 0.3) is 0 Å². The highest BCUT2D eigenvalue weighted by molar-refractivity contribution is 9.10. The van der Waals surface area contributed by atoms with Crippen molar-refractivity contribution < 1.29 is 9.47 Å². The van der Waals surface area contributed by atoms with Crippen LogP contribution in [0.3, 0.4) is 0 Å². The highest BCUT2D eigenvalue weighted by Crippen LogP contribution is 2.34. The molecule has 3 aromatic heterocycles. The molecule has 1 aromatic carbocycles. The van der Waals surface area contributed by atoms with Gasteiger partial charge in [-0.2, -0.15) is 0 Å². The molecular weight excluding hydrogens is 546 g/mol. The molecule has 0 saturated carbocycles. The third-order valence-electron chi connectivity index (χ3n) is 7.17. The zero-order chi connectivity index (χ0) is 25.7. The number of aromatic amines is 1. The van der Waals surface area contributed by atoms with Gasteiger partial charge >= 0.3 is 0 Å². The third-order valence-corrected chi connectivity index (χ3v) is 7.75. The zero-order valence-electron chi connectivity index (χ0n) is 21.4. The van der Waals surface area contributed by atoms with Crippen LogP contribution in [-0.2, 0) is 11.3 Å². The number of H-pyrrole nitrogens is 1. The van der Waals surface area contributed by atoms with Crippen LogP contribution in [-0.4, -0.2) is 95.4 Å². The summed E-state index contributed by atoms with van der Waals surface area (Å²) in [6.45, 7) is 9.91. The molecule has 4 aromatic rings. The van der Waals surface area contributed by atoms with Crippen molar-refractivity contribution in [2.45, 2.75) is 6.54 Å². The van der Waals surface area contributed by atoms with Crippen molar-refractivity contribution in [1.29, 1.82) is 0 Å². The number of benzene rings is 1. The van der Waals surface area contributed by atoms with Crippen LogP contribution >= 0.6 is 15.9 Å². The van der Waals surface area contributed by atoms with E-state index in [2.05, 4.69) is 51.6 Å². The van der Waals surface area contributed by atoms with E-state index < -0.39 is 0 Å². The highest BCUT2D eigenvalue weighted by Gasteiger charge is 2.23. The van der Waals surface area contributed by atoms with Crippen LogP contribution in [0.1, 0.15) is 5.56 Å². The molecule has 0 bridgehead atoms. The lowest BCUT2D eigenvalue weighted by molar-refractivity contribution is 0.0322. The monoisotopic (exact) mass is 577 g/mol. The fourth-order valence-electron chi connectivity index (χ4n) is 5.07. The Balaban J connectivity index is 1.12. The number of nitrogens with zero attached hydrogens (tertiary/aromatic N) is 6. The lowest BCUT2D eigenvalue weighted by Gasteiger charge is -2.36. The molecular formula is C28H32BrN7O2. The van der Waals surface area contributed by atoms with E-state index in [4.69, 9.17) is 14.5 Å². The summed E-state index contributed by atoms with van der Waals surface area (Å²) >= 11 is 3.75. The minimum Gasteiger partial charge on any atom is -0.492 e. The second-order valence-corrected chi connectivity index (χ2v) is 10.5. The number of hydrogen-bond donors (Lipinski definition) is 1. The fraction of sp³-hybridized carbons (Fsp3) is 0.393. The number of piperazine rings is 1. The number of aromatic nitrogens is 4. The summed E-state index contributed by atoms with van der Waals surface area (Å²) in [5.74, 6) is 1.67. The summed E-state index contributed by atoms with van der Waals surface area (Å²) < 4.78 is 12.4. The van der Waals surface area contributed by atoms with Crippen molar-refractivity contribution >= 4 is 32.8 Å². The van der Waals surface area contributed by atoms with E-state index in [1.165, 1.54) is 5.56 Å². The van der Waals surface area contributed by atoms with Crippen molar-refractivity contribution in [2.24, 2.45) is 0 Å². The molecule has 0 unspecified atom stereocenters. The highest BCUT2D eigenvalue weighted by atomic mass is 79.9.